The molecular weight excluding hydrogens is 220 g/mol. The van der Waals surface area contributed by atoms with Crippen molar-refractivity contribution >= 4 is 10.8 Å². The van der Waals surface area contributed by atoms with E-state index >= 15 is 0 Å². The minimum absolute atomic E-state index is 0.279. The van der Waals surface area contributed by atoms with Crippen molar-refractivity contribution in [3.05, 3.63) is 0 Å². The second-order valence-electron chi connectivity index (χ2n) is 5.27. The Hall–Kier alpha value is 0.0700. The van der Waals surface area contributed by atoms with Crippen molar-refractivity contribution in [1.29, 1.82) is 0 Å². The summed E-state index contributed by atoms with van der Waals surface area (Å²) in [5, 5.41) is 3.87. The molecule has 0 spiro atoms. The molecule has 0 saturated carbocycles. The summed E-state index contributed by atoms with van der Waals surface area (Å²) in [7, 11) is -0.693. The lowest BCUT2D eigenvalue weighted by molar-refractivity contribution is 0.167. The Kier molecular flexibility index (Phi) is 4.39. The van der Waals surface area contributed by atoms with Crippen LogP contribution in [0.25, 0.3) is 0 Å². The SMILES string of the molecule is CC(CNC1CCN2CCCC2C1)S(C)=O. The normalized spacial score (nSPS) is 34.6. The van der Waals surface area contributed by atoms with E-state index in [0.29, 0.717) is 6.04 Å². The van der Waals surface area contributed by atoms with Gasteiger partial charge >= 0.3 is 0 Å². The summed E-state index contributed by atoms with van der Waals surface area (Å²) in [6.07, 6.45) is 7.12. The molecule has 0 radical (unpaired) electrons. The van der Waals surface area contributed by atoms with E-state index in [4.69, 9.17) is 0 Å². The van der Waals surface area contributed by atoms with Crippen LogP contribution in [0.3, 0.4) is 0 Å². The fourth-order valence-electron chi connectivity index (χ4n) is 2.86. The van der Waals surface area contributed by atoms with Gasteiger partial charge < -0.3 is 10.2 Å². The van der Waals surface area contributed by atoms with Gasteiger partial charge in [0.15, 0.2) is 0 Å². The van der Waals surface area contributed by atoms with Crippen molar-refractivity contribution < 1.29 is 4.21 Å². The third-order valence-electron chi connectivity index (χ3n) is 4.08. The van der Waals surface area contributed by atoms with Gasteiger partial charge in [0.2, 0.25) is 0 Å². The first-order valence-electron chi connectivity index (χ1n) is 6.46. The first kappa shape index (κ1) is 12.5. The Morgan fingerprint density at radius 2 is 2.25 bits per heavy atom. The predicted molar refractivity (Wildman–Crippen MR) is 69.1 cm³/mol. The number of nitrogens with zero attached hydrogens (tertiary/aromatic N) is 1. The summed E-state index contributed by atoms with van der Waals surface area (Å²) in [5.74, 6) is 0. The molecule has 0 aliphatic carbocycles. The maximum Gasteiger partial charge on any atom is 0.0441 e. The van der Waals surface area contributed by atoms with E-state index in [-0.39, 0.29) is 5.25 Å². The van der Waals surface area contributed by atoms with Crippen molar-refractivity contribution in [3.63, 3.8) is 0 Å². The second kappa shape index (κ2) is 5.61. The fourth-order valence-corrected chi connectivity index (χ4v) is 3.19. The largest absolute Gasteiger partial charge is 0.313 e. The van der Waals surface area contributed by atoms with Gasteiger partial charge in [0.25, 0.3) is 0 Å². The number of fused-ring (bicyclic) bond motifs is 1. The van der Waals surface area contributed by atoms with Gasteiger partial charge in [-0.25, -0.2) is 0 Å². The molecule has 2 heterocycles. The molecule has 0 aromatic rings. The van der Waals surface area contributed by atoms with E-state index in [1.807, 2.05) is 0 Å². The summed E-state index contributed by atoms with van der Waals surface area (Å²) in [5.41, 5.74) is 0. The highest BCUT2D eigenvalue weighted by atomic mass is 32.2. The van der Waals surface area contributed by atoms with E-state index in [0.717, 1.165) is 12.6 Å². The molecule has 4 unspecified atom stereocenters. The minimum Gasteiger partial charge on any atom is -0.313 e. The average Bonchev–Trinajstić information content (AvgIpc) is 2.72. The Morgan fingerprint density at radius 3 is 3.00 bits per heavy atom. The van der Waals surface area contributed by atoms with Gasteiger partial charge in [0, 0.05) is 40.9 Å². The third-order valence-corrected chi connectivity index (χ3v) is 5.38. The molecule has 0 aromatic carbocycles. The standard InChI is InChI=1S/C12H24N2OS/c1-10(16(2)15)9-13-11-5-7-14-6-3-4-12(14)8-11/h10-13H,3-9H2,1-2H3. The Labute approximate surface area is 101 Å². The van der Waals surface area contributed by atoms with Gasteiger partial charge in [-0.05, 0) is 45.7 Å². The molecule has 2 rings (SSSR count). The lowest BCUT2D eigenvalue weighted by Gasteiger charge is -2.35. The second-order valence-corrected chi connectivity index (χ2v) is 7.07. The van der Waals surface area contributed by atoms with Crippen molar-refractivity contribution in [2.75, 3.05) is 25.9 Å². The van der Waals surface area contributed by atoms with Crippen LogP contribution in [0, 0.1) is 0 Å². The highest BCUT2D eigenvalue weighted by Crippen LogP contribution is 2.26. The number of nitrogens with one attached hydrogen (secondary N) is 1. The van der Waals surface area contributed by atoms with Crippen molar-refractivity contribution in [1.82, 2.24) is 10.2 Å². The first-order valence-corrected chi connectivity index (χ1v) is 8.08. The van der Waals surface area contributed by atoms with E-state index in [1.54, 1.807) is 6.26 Å². The quantitative estimate of drug-likeness (QED) is 0.800. The molecule has 4 heteroatoms. The maximum atomic E-state index is 11.3. The van der Waals surface area contributed by atoms with Crippen molar-refractivity contribution in [2.24, 2.45) is 0 Å². The van der Waals surface area contributed by atoms with E-state index in [2.05, 4.69) is 17.1 Å². The van der Waals surface area contributed by atoms with Crippen molar-refractivity contribution in [2.45, 2.75) is 49.9 Å². The number of rotatable bonds is 4. The number of hydrogen-bond donors (Lipinski definition) is 1. The summed E-state index contributed by atoms with van der Waals surface area (Å²) in [6.45, 7) is 5.53. The zero-order chi connectivity index (χ0) is 11.5. The molecule has 0 amide bonds. The van der Waals surface area contributed by atoms with Crippen LogP contribution in [0.5, 0.6) is 0 Å². The number of hydrogen-bond acceptors (Lipinski definition) is 3. The van der Waals surface area contributed by atoms with Gasteiger partial charge in [0.1, 0.15) is 0 Å². The van der Waals surface area contributed by atoms with Gasteiger partial charge in [-0.1, -0.05) is 0 Å². The van der Waals surface area contributed by atoms with E-state index < -0.39 is 10.8 Å². The summed E-state index contributed by atoms with van der Waals surface area (Å²) in [4.78, 5) is 2.64. The van der Waals surface area contributed by atoms with E-state index in [1.165, 1.54) is 38.8 Å². The zero-order valence-electron chi connectivity index (χ0n) is 10.4. The molecule has 2 fully saturated rings. The molecule has 0 aromatic heterocycles. The summed E-state index contributed by atoms with van der Waals surface area (Å²) in [6, 6.07) is 1.49. The average molecular weight is 244 g/mol. The molecule has 0 bridgehead atoms. The third kappa shape index (κ3) is 3.05. The summed E-state index contributed by atoms with van der Waals surface area (Å²) < 4.78 is 11.3. The topological polar surface area (TPSA) is 32.3 Å². The Bertz CT molecular complexity index is 259. The van der Waals surface area contributed by atoms with Crippen LogP contribution in [0.1, 0.15) is 32.6 Å². The monoisotopic (exact) mass is 244 g/mol. The zero-order valence-corrected chi connectivity index (χ0v) is 11.3. The van der Waals surface area contributed by atoms with Crippen LogP contribution in [-0.2, 0) is 10.8 Å². The Balaban J connectivity index is 1.73. The van der Waals surface area contributed by atoms with Gasteiger partial charge in [-0.3, -0.25) is 4.21 Å². The van der Waals surface area contributed by atoms with Crippen molar-refractivity contribution in [3.8, 4) is 0 Å². The molecule has 94 valence electrons. The van der Waals surface area contributed by atoms with Gasteiger partial charge in [0.05, 0.1) is 0 Å². The molecule has 2 saturated heterocycles. The first-order chi connectivity index (χ1) is 7.66. The van der Waals surface area contributed by atoms with Crippen LogP contribution < -0.4 is 5.32 Å². The summed E-state index contributed by atoms with van der Waals surface area (Å²) >= 11 is 0. The van der Waals surface area contributed by atoms with Crippen LogP contribution in [0.15, 0.2) is 0 Å². The van der Waals surface area contributed by atoms with Gasteiger partial charge in [-0.2, -0.15) is 0 Å². The molecule has 4 atom stereocenters. The lowest BCUT2D eigenvalue weighted by atomic mass is 9.97. The van der Waals surface area contributed by atoms with Crippen LogP contribution in [0.4, 0.5) is 0 Å². The minimum atomic E-state index is -0.693. The molecule has 2 aliphatic rings. The predicted octanol–water partition coefficient (Wildman–Crippen LogP) is 0.970. The molecule has 3 nitrogen and oxygen atoms in total. The Morgan fingerprint density at radius 1 is 1.44 bits per heavy atom. The number of piperidine rings is 1. The maximum absolute atomic E-state index is 11.3. The molecular formula is C12H24N2OS. The fraction of sp³-hybridized carbons (Fsp3) is 1.00. The lowest BCUT2D eigenvalue weighted by Crippen LogP contribution is -2.47. The van der Waals surface area contributed by atoms with Crippen LogP contribution >= 0.6 is 0 Å². The highest BCUT2D eigenvalue weighted by Gasteiger charge is 2.31. The van der Waals surface area contributed by atoms with Crippen LogP contribution in [-0.4, -0.2) is 52.3 Å². The van der Waals surface area contributed by atoms with Gasteiger partial charge in [-0.15, -0.1) is 0 Å². The molecule has 16 heavy (non-hydrogen) atoms. The van der Waals surface area contributed by atoms with E-state index in [9.17, 15) is 4.21 Å². The molecule has 2 aliphatic heterocycles. The smallest absolute Gasteiger partial charge is 0.0441 e. The van der Waals surface area contributed by atoms with Crippen LogP contribution in [0.2, 0.25) is 0 Å². The highest BCUT2D eigenvalue weighted by molar-refractivity contribution is 7.84. The molecule has 1 N–H and O–H groups in total.